The molecular weight excluding hydrogens is 1180 g/mol. The minimum atomic E-state index is 0.622. The second kappa shape index (κ2) is 78.7. The Balaban J connectivity index is 3.70. The molecule has 1 aromatic rings. The maximum atomic E-state index is 7.22. The molecular formula is C90H174O6. The first-order chi connectivity index (χ1) is 47.7. The van der Waals surface area contributed by atoms with Crippen molar-refractivity contribution in [2.45, 2.75) is 504 Å². The van der Waals surface area contributed by atoms with E-state index in [0.717, 1.165) is 38.5 Å². The SMILES string of the molecule is CCCCCCCCCCCCCCOc1c(OCCCCCCCCCCCCCC)c(OCCCCCCCCCCCCCC)c(OCCCCCCCCCCCCCC)c(OCCCCCCCCCCCCCC)c1OCCCCCCCCCCCCCC. The summed E-state index contributed by atoms with van der Waals surface area (Å²) >= 11 is 0. The molecule has 0 fully saturated rings. The molecule has 0 aliphatic rings. The Morgan fingerprint density at radius 1 is 0.104 bits per heavy atom. The van der Waals surface area contributed by atoms with Crippen LogP contribution in [0, 0.1) is 0 Å². The number of ether oxygens (including phenoxy) is 6. The summed E-state index contributed by atoms with van der Waals surface area (Å²) in [6.07, 6.45) is 94.9. The van der Waals surface area contributed by atoms with Crippen LogP contribution in [-0.2, 0) is 0 Å². The van der Waals surface area contributed by atoms with E-state index in [-0.39, 0.29) is 0 Å². The van der Waals surface area contributed by atoms with Crippen LogP contribution in [0.2, 0.25) is 0 Å². The van der Waals surface area contributed by atoms with E-state index in [2.05, 4.69) is 41.5 Å². The van der Waals surface area contributed by atoms with Crippen LogP contribution in [0.25, 0.3) is 0 Å². The van der Waals surface area contributed by atoms with Crippen LogP contribution in [0.4, 0.5) is 0 Å². The van der Waals surface area contributed by atoms with Gasteiger partial charge in [0.15, 0.2) is 0 Å². The molecule has 1 rings (SSSR count). The molecule has 0 amide bonds. The van der Waals surface area contributed by atoms with Gasteiger partial charge in [-0.25, -0.2) is 0 Å². The Morgan fingerprint density at radius 3 is 0.260 bits per heavy atom. The topological polar surface area (TPSA) is 55.4 Å². The third-order valence-corrected chi connectivity index (χ3v) is 20.7. The molecule has 6 heteroatoms. The second-order valence-electron chi connectivity index (χ2n) is 30.4. The minimum absolute atomic E-state index is 0.622. The van der Waals surface area contributed by atoms with E-state index in [9.17, 15) is 0 Å². The summed E-state index contributed by atoms with van der Waals surface area (Å²) in [4.78, 5) is 0. The Kier molecular flexibility index (Phi) is 75.5. The molecule has 6 nitrogen and oxygen atoms in total. The Labute approximate surface area is 603 Å². The van der Waals surface area contributed by atoms with Crippen LogP contribution >= 0.6 is 0 Å². The van der Waals surface area contributed by atoms with E-state index in [4.69, 9.17) is 28.4 Å². The molecule has 0 unspecified atom stereocenters. The average molecular weight is 1350 g/mol. The predicted octanol–water partition coefficient (Wildman–Crippen LogP) is 32.2. The van der Waals surface area contributed by atoms with E-state index in [1.54, 1.807) is 0 Å². The lowest BCUT2D eigenvalue weighted by Crippen LogP contribution is -2.13. The zero-order chi connectivity index (χ0) is 68.9. The van der Waals surface area contributed by atoms with Crippen molar-refractivity contribution in [2.75, 3.05) is 39.6 Å². The van der Waals surface area contributed by atoms with Crippen molar-refractivity contribution in [3.63, 3.8) is 0 Å². The summed E-state index contributed by atoms with van der Waals surface area (Å²) in [6, 6.07) is 0. The summed E-state index contributed by atoms with van der Waals surface area (Å²) in [5.74, 6) is 4.18. The fourth-order valence-electron chi connectivity index (χ4n) is 14.1. The highest BCUT2D eigenvalue weighted by Gasteiger charge is 2.32. The third-order valence-electron chi connectivity index (χ3n) is 20.7. The van der Waals surface area contributed by atoms with E-state index in [1.807, 2.05) is 0 Å². The number of hydrogen-bond acceptors (Lipinski definition) is 6. The zero-order valence-electron chi connectivity index (χ0n) is 66.6. The molecule has 0 spiro atoms. The quantitative estimate of drug-likeness (QED) is 0.0606. The lowest BCUT2D eigenvalue weighted by Gasteiger charge is -2.26. The number of rotatable bonds is 84. The molecule has 0 aromatic heterocycles. The van der Waals surface area contributed by atoms with Crippen molar-refractivity contribution in [3.05, 3.63) is 0 Å². The van der Waals surface area contributed by atoms with Crippen molar-refractivity contribution in [1.29, 1.82) is 0 Å². The van der Waals surface area contributed by atoms with Crippen LogP contribution in [0.15, 0.2) is 0 Å². The van der Waals surface area contributed by atoms with E-state index >= 15 is 0 Å². The van der Waals surface area contributed by atoms with Gasteiger partial charge in [0.1, 0.15) is 0 Å². The fraction of sp³-hybridized carbons (Fsp3) is 0.933. The zero-order valence-corrected chi connectivity index (χ0v) is 66.6. The van der Waals surface area contributed by atoms with Gasteiger partial charge in [-0.1, -0.05) is 465 Å². The summed E-state index contributed by atoms with van der Waals surface area (Å²) in [7, 11) is 0. The Bertz CT molecular complexity index is 1310. The first-order valence-electron chi connectivity index (χ1n) is 44.7. The van der Waals surface area contributed by atoms with Gasteiger partial charge in [-0.2, -0.15) is 0 Å². The van der Waals surface area contributed by atoms with Gasteiger partial charge in [0.25, 0.3) is 0 Å². The molecule has 0 radical (unpaired) electrons. The van der Waals surface area contributed by atoms with Crippen LogP contribution in [0.1, 0.15) is 504 Å². The fourth-order valence-corrected chi connectivity index (χ4v) is 14.1. The summed E-state index contributed by atoms with van der Waals surface area (Å²) < 4.78 is 43.3. The maximum absolute atomic E-state index is 7.22. The van der Waals surface area contributed by atoms with Gasteiger partial charge < -0.3 is 28.4 Å². The smallest absolute Gasteiger partial charge is 0.211 e. The first kappa shape index (κ1) is 92.0. The van der Waals surface area contributed by atoms with Crippen molar-refractivity contribution in [1.82, 2.24) is 0 Å². The minimum Gasteiger partial charge on any atom is -0.486 e. The van der Waals surface area contributed by atoms with Crippen molar-refractivity contribution in [2.24, 2.45) is 0 Å². The molecule has 0 heterocycles. The largest absolute Gasteiger partial charge is 0.486 e. The monoisotopic (exact) mass is 1350 g/mol. The Hall–Kier alpha value is -1.98. The van der Waals surface area contributed by atoms with Gasteiger partial charge >= 0.3 is 0 Å². The highest BCUT2D eigenvalue weighted by molar-refractivity contribution is 5.73. The standard InChI is InChI=1S/C90H174O6/c1-7-13-19-25-31-37-43-49-55-61-67-73-79-91-85-86(92-80-74-68-62-56-50-44-38-32-26-20-14-8-2)88(94-82-76-70-64-58-52-46-40-34-28-22-16-10-4)90(96-84-78-72-66-60-54-48-42-36-30-24-18-12-6)89(95-83-77-71-65-59-53-47-41-35-29-23-17-11-5)87(85)93-81-75-69-63-57-51-45-39-33-27-21-15-9-3/h7-84H2,1-6H3. The van der Waals surface area contributed by atoms with Crippen LogP contribution in [-0.4, -0.2) is 39.6 Å². The molecule has 1 aromatic carbocycles. The third kappa shape index (κ3) is 60.8. The van der Waals surface area contributed by atoms with Gasteiger partial charge in [-0.15, -0.1) is 0 Å². The second-order valence-corrected chi connectivity index (χ2v) is 30.4. The van der Waals surface area contributed by atoms with Crippen molar-refractivity contribution >= 4 is 0 Å². The average Bonchev–Trinajstić information content (AvgIpc) is 0.775. The molecule has 0 bridgehead atoms. The van der Waals surface area contributed by atoms with Crippen LogP contribution in [0.5, 0.6) is 34.5 Å². The van der Waals surface area contributed by atoms with Crippen molar-refractivity contribution < 1.29 is 28.4 Å². The first-order valence-corrected chi connectivity index (χ1v) is 44.7. The number of unbranched alkanes of at least 4 members (excludes halogenated alkanes) is 66. The molecule has 570 valence electrons. The maximum Gasteiger partial charge on any atom is 0.211 e. The van der Waals surface area contributed by atoms with Gasteiger partial charge in [-0.3, -0.25) is 0 Å². The molecule has 0 atom stereocenters. The molecule has 0 aliphatic heterocycles. The van der Waals surface area contributed by atoms with Gasteiger partial charge in [-0.05, 0) is 38.5 Å². The highest BCUT2D eigenvalue weighted by atomic mass is 16.6. The van der Waals surface area contributed by atoms with E-state index in [1.165, 1.54) is 424 Å². The predicted molar refractivity (Wildman–Crippen MR) is 426 cm³/mol. The number of benzene rings is 1. The van der Waals surface area contributed by atoms with Gasteiger partial charge in [0, 0.05) is 0 Å². The van der Waals surface area contributed by atoms with Crippen LogP contribution < -0.4 is 28.4 Å². The lowest BCUT2D eigenvalue weighted by molar-refractivity contribution is 0.188. The summed E-state index contributed by atoms with van der Waals surface area (Å²) in [5, 5.41) is 0. The molecule has 0 aliphatic carbocycles. The molecule has 0 N–H and O–H groups in total. The summed E-state index contributed by atoms with van der Waals surface area (Å²) in [6.45, 7) is 17.6. The van der Waals surface area contributed by atoms with Crippen LogP contribution in [0.3, 0.4) is 0 Å². The lowest BCUT2D eigenvalue weighted by atomic mass is 10.1. The molecule has 96 heavy (non-hydrogen) atoms. The van der Waals surface area contributed by atoms with E-state index in [0.29, 0.717) is 74.1 Å². The van der Waals surface area contributed by atoms with Crippen molar-refractivity contribution in [3.8, 4) is 34.5 Å². The van der Waals surface area contributed by atoms with Gasteiger partial charge in [0.05, 0.1) is 39.6 Å². The normalized spacial score (nSPS) is 11.6. The molecule has 0 saturated heterocycles. The Morgan fingerprint density at radius 2 is 0.177 bits per heavy atom. The summed E-state index contributed by atoms with van der Waals surface area (Å²) in [5.41, 5.74) is 0. The highest BCUT2D eigenvalue weighted by Crippen LogP contribution is 2.58. The van der Waals surface area contributed by atoms with Gasteiger partial charge in [0.2, 0.25) is 34.5 Å². The van der Waals surface area contributed by atoms with E-state index < -0.39 is 0 Å². The molecule has 0 saturated carbocycles. The number of hydrogen-bond donors (Lipinski definition) is 0.